The number of aryl methyl sites for hydroxylation is 3. The average Bonchev–Trinajstić information content (AvgIpc) is 1.64. The van der Waals surface area contributed by atoms with E-state index in [2.05, 4.69) is 49.9 Å². The summed E-state index contributed by atoms with van der Waals surface area (Å²) in [6, 6.07) is 12.9. The van der Waals surface area contributed by atoms with Gasteiger partial charge >= 0.3 is 43.6 Å². The Hall–Kier alpha value is -7.99. The number of aliphatic hydroxyl groups is 3. The standard InChI is InChI=1S/C25H35N4O10P.C19H26N4O2.C11H19N2O6P.C7H12O5.C2H6.2CH4/c1-4-5-6-22-28-23-24(29(22)9-10-30)20-8-7-18(13-21(20)27-25(23)26)35-11-12-37-40(33,34)38-15-19(39-17(3)32)14-36-16(2)31;1-3-5-6-16-22-17-18(23(16)9-4-2)14-8-7-13(25-11-10-24)12-15(14)21-19(17)20;1-9(14)16-7-11(19-10(2)15)8-18-20(13-3)17-6-4-5-12;1-5(9)11-4-7(3-8)12-6(2)10;1-2;;/h7-8,13,19,30H,4-6,9-12,14-15H2,1-3H3,(H2,26,27)(H,33,34);7-8,12,24H,3-6,9-11H2,1-2H3,(H2,20,21);11,13H,4,6-8H2,1-3H3;7-8H,3-4H2,1-2H3;1-2H3;2*1H4/t19-;;11-,20?;7-;;;/m1.10.../s1. The van der Waals surface area contributed by atoms with Crippen LogP contribution in [0.1, 0.15) is 141 Å². The van der Waals surface area contributed by atoms with E-state index in [4.69, 9.17) is 83.4 Å². The van der Waals surface area contributed by atoms with E-state index in [1.807, 2.05) is 48.7 Å². The molecule has 0 saturated carbocycles. The average molecular weight is 1470 g/mol. The molecule has 6 aromatic rings. The molecule has 2 unspecified atom stereocenters. The fraction of sp³-hybridized carbons (Fsp3) is 0.591. The topological polar surface area (TPSA) is 460 Å². The normalized spacial score (nSPS) is 12.3. The van der Waals surface area contributed by atoms with Gasteiger partial charge in [0.05, 0.1) is 80.8 Å². The molecule has 0 aliphatic rings. The van der Waals surface area contributed by atoms with Crippen molar-refractivity contribution in [3.05, 3.63) is 48.0 Å². The molecule has 101 heavy (non-hydrogen) atoms. The maximum Gasteiger partial charge on any atom is 0.472 e. The van der Waals surface area contributed by atoms with Crippen LogP contribution in [0.2, 0.25) is 0 Å². The van der Waals surface area contributed by atoms with Crippen LogP contribution in [0.3, 0.4) is 0 Å². The molecule has 0 aliphatic carbocycles. The molecule has 33 nitrogen and oxygen atoms in total. The Morgan fingerprint density at radius 2 is 1.03 bits per heavy atom. The third kappa shape index (κ3) is 34.5. The number of imidazole rings is 2. The van der Waals surface area contributed by atoms with Gasteiger partial charge in [-0.2, -0.15) is 5.26 Å². The van der Waals surface area contributed by atoms with Crippen LogP contribution in [0.5, 0.6) is 11.5 Å². The molecule has 0 spiro atoms. The number of pyridine rings is 2. The van der Waals surface area contributed by atoms with Crippen LogP contribution in [0.25, 0.3) is 43.9 Å². The molecule has 0 radical (unpaired) electrons. The van der Waals surface area contributed by atoms with Gasteiger partial charge in [-0.1, -0.05) is 62.3 Å². The zero-order chi connectivity index (χ0) is 74.0. The summed E-state index contributed by atoms with van der Waals surface area (Å²) in [5, 5.41) is 40.2. The van der Waals surface area contributed by atoms with Crippen LogP contribution in [0.4, 0.5) is 11.6 Å². The summed E-state index contributed by atoms with van der Waals surface area (Å²) in [5.41, 5.74) is 17.0. The van der Waals surface area contributed by atoms with Gasteiger partial charge in [-0.15, -0.1) is 0 Å². The molecule has 0 bridgehead atoms. The number of ether oxygens (including phenoxy) is 8. The SMILES string of the molecule is C.C.CC.CC(=O)OC[C@H](CO)OC(C)=O.CCCCc1nc2c(N)nc3cc(OCCO)ccc3c2n1CCC.CCCCc1nc2c(N)nc3cc(OCCOP(=O)(O)OC[C@@H](COC(C)=O)OC(C)=O)ccc3c2n1CCO.CNP(OCCC#N)OC[C@@H](COC(C)=O)OC(C)=O. The number of unbranched alkanes of at least 4 members (excludes halogenated alkanes) is 2. The fourth-order valence-corrected chi connectivity index (χ4v) is 10.4. The number of phosphoric ester groups is 1. The van der Waals surface area contributed by atoms with Gasteiger partial charge in [0.1, 0.15) is 67.2 Å². The first-order valence-corrected chi connectivity index (χ1v) is 34.8. The second-order valence-electron chi connectivity index (χ2n) is 20.9. The predicted octanol–water partition coefficient (Wildman–Crippen LogP) is 8.45. The maximum atomic E-state index is 12.2. The van der Waals surface area contributed by atoms with Crippen LogP contribution >= 0.6 is 16.3 Å². The molecule has 5 atom stereocenters. The predicted molar refractivity (Wildman–Crippen MR) is 380 cm³/mol. The van der Waals surface area contributed by atoms with Gasteiger partial charge in [0.15, 0.2) is 29.9 Å². The molecule has 6 rings (SSSR count). The second kappa shape index (κ2) is 51.2. The van der Waals surface area contributed by atoms with E-state index in [9.17, 15) is 43.3 Å². The molecule has 4 aromatic heterocycles. The zero-order valence-corrected chi connectivity index (χ0v) is 60.3. The maximum absolute atomic E-state index is 12.2. The van der Waals surface area contributed by atoms with Gasteiger partial charge in [0, 0.05) is 90.4 Å². The largest absolute Gasteiger partial charge is 0.491 e. The Bertz CT molecular complexity index is 3570. The van der Waals surface area contributed by atoms with E-state index in [1.54, 1.807) is 19.2 Å². The first-order chi connectivity index (χ1) is 47.3. The summed E-state index contributed by atoms with van der Waals surface area (Å²) in [5.74, 6) is 0.505. The lowest BCUT2D eigenvalue weighted by Crippen LogP contribution is -2.28. The van der Waals surface area contributed by atoms with Crippen molar-refractivity contribution in [3.63, 3.8) is 0 Å². The van der Waals surface area contributed by atoms with Gasteiger partial charge in [-0.3, -0.25) is 42.9 Å². The number of carbonyl (C=O) groups is 6. The highest BCUT2D eigenvalue weighted by atomic mass is 31.2. The lowest BCUT2D eigenvalue weighted by atomic mass is 10.1. The number of aliphatic hydroxyl groups excluding tert-OH is 3. The molecule has 0 saturated heterocycles. The van der Waals surface area contributed by atoms with Crippen LogP contribution < -0.4 is 26.0 Å². The second-order valence-corrected chi connectivity index (χ2v) is 23.8. The lowest BCUT2D eigenvalue weighted by molar-refractivity contribution is -0.158. The summed E-state index contributed by atoms with van der Waals surface area (Å²) in [7, 11) is -4.26. The smallest absolute Gasteiger partial charge is 0.472 e. The van der Waals surface area contributed by atoms with Gasteiger partial charge in [-0.25, -0.2) is 24.5 Å². The van der Waals surface area contributed by atoms with Crippen LogP contribution in [-0.4, -0.2) is 190 Å². The molecule has 4 heterocycles. The zero-order valence-electron chi connectivity index (χ0n) is 58.5. The van der Waals surface area contributed by atoms with Crippen molar-refractivity contribution in [2.45, 2.75) is 174 Å². The monoisotopic (exact) mass is 1470 g/mol. The van der Waals surface area contributed by atoms with Crippen molar-refractivity contribution in [3.8, 4) is 17.6 Å². The number of anilines is 2. The molecular weight excluding hydrogens is 1360 g/mol. The minimum absolute atomic E-state index is 0. The molecule has 9 N–H and O–H groups in total. The number of carbonyl (C=O) groups excluding carboxylic acids is 6. The molecule has 2 aromatic carbocycles. The van der Waals surface area contributed by atoms with Crippen molar-refractivity contribution in [2.75, 3.05) is 97.8 Å². The number of aromatic nitrogens is 6. The number of nitrogens with one attached hydrogen (secondary N) is 1. The van der Waals surface area contributed by atoms with E-state index >= 15 is 0 Å². The Morgan fingerprint density at radius 3 is 1.44 bits per heavy atom. The quantitative estimate of drug-likeness (QED) is 0.00826. The number of nitrogens with two attached hydrogens (primary N) is 2. The van der Waals surface area contributed by atoms with Crippen molar-refractivity contribution in [2.24, 2.45) is 0 Å². The number of hydrogen-bond donors (Lipinski definition) is 7. The van der Waals surface area contributed by atoms with E-state index in [1.165, 1.54) is 34.6 Å². The van der Waals surface area contributed by atoms with Crippen LogP contribution in [-0.2, 0) is 106 Å². The molecule has 568 valence electrons. The number of benzene rings is 2. The van der Waals surface area contributed by atoms with Crippen molar-refractivity contribution < 1.29 is 110 Å². The Kier molecular flexibility index (Phi) is 47.1. The van der Waals surface area contributed by atoms with Crippen LogP contribution in [0, 0.1) is 11.3 Å². The fourth-order valence-electron chi connectivity index (χ4n) is 8.78. The number of nitriles is 1. The van der Waals surface area contributed by atoms with E-state index in [0.717, 1.165) is 103 Å². The number of nitrogen functional groups attached to an aromatic ring is 2. The first kappa shape index (κ1) is 93.0. The molecule has 0 fully saturated rings. The summed E-state index contributed by atoms with van der Waals surface area (Å²) in [6.45, 7) is 17.7. The number of hydrogen-bond acceptors (Lipinski definition) is 30. The number of fused-ring (bicyclic) bond motifs is 6. The Morgan fingerprint density at radius 1 is 0.584 bits per heavy atom. The number of esters is 6. The van der Waals surface area contributed by atoms with Crippen molar-refractivity contribution >= 4 is 108 Å². The highest BCUT2D eigenvalue weighted by molar-refractivity contribution is 7.47. The van der Waals surface area contributed by atoms with Crippen molar-refractivity contribution in [1.29, 1.82) is 5.26 Å². The molecular formula is C66H106N10O23P2. The third-order valence-electron chi connectivity index (χ3n) is 12.8. The van der Waals surface area contributed by atoms with E-state index in [0.29, 0.717) is 34.9 Å². The number of phosphoric acid groups is 1. The van der Waals surface area contributed by atoms with Gasteiger partial charge < -0.3 is 87.8 Å². The molecule has 35 heteroatoms. The first-order valence-electron chi connectivity index (χ1n) is 32.2. The highest BCUT2D eigenvalue weighted by Gasteiger charge is 2.26. The van der Waals surface area contributed by atoms with Gasteiger partial charge in [0.2, 0.25) is 0 Å². The Labute approximate surface area is 591 Å². The minimum Gasteiger partial charge on any atom is -0.491 e. The molecule has 0 amide bonds. The summed E-state index contributed by atoms with van der Waals surface area (Å²) >= 11 is 0. The van der Waals surface area contributed by atoms with Gasteiger partial charge in [0.25, 0.3) is 8.53 Å². The lowest BCUT2D eigenvalue weighted by Gasteiger charge is -2.20. The van der Waals surface area contributed by atoms with Crippen molar-refractivity contribution in [1.82, 2.24) is 34.2 Å². The number of rotatable bonds is 38. The summed E-state index contributed by atoms with van der Waals surface area (Å²) < 4.78 is 76.6. The third-order valence-corrected chi connectivity index (χ3v) is 14.9. The Balaban J connectivity index is 0.00000141. The van der Waals surface area contributed by atoms with E-state index in [-0.39, 0.29) is 99.8 Å². The minimum atomic E-state index is -4.52. The highest BCUT2D eigenvalue weighted by Crippen LogP contribution is 2.43. The number of nitrogens with zero attached hydrogens (tertiary/aromatic N) is 7. The van der Waals surface area contributed by atoms with Gasteiger partial charge in [-0.05, 0) is 50.6 Å². The summed E-state index contributed by atoms with van der Waals surface area (Å²) in [4.78, 5) is 92.9. The summed E-state index contributed by atoms with van der Waals surface area (Å²) in [6.07, 6.45) is 4.65. The van der Waals surface area contributed by atoms with E-state index < -0.39 is 77.1 Å². The molecule has 0 aliphatic heterocycles. The van der Waals surface area contributed by atoms with Crippen LogP contribution in [0.15, 0.2) is 36.4 Å².